The van der Waals surface area contributed by atoms with Crippen LogP contribution in [0.5, 0.6) is 5.75 Å². The molecule has 18 heteroatoms. The van der Waals surface area contributed by atoms with Gasteiger partial charge < -0.3 is 59.1 Å². The van der Waals surface area contributed by atoms with Crippen LogP contribution in [0.1, 0.15) is 48.9 Å². The lowest BCUT2D eigenvalue weighted by atomic mass is 9.82. The van der Waals surface area contributed by atoms with Gasteiger partial charge in [-0.2, -0.15) is 0 Å². The molecule has 0 spiro atoms. The molecule has 1 atom stereocenters. The molecule has 4 amide bonds. The van der Waals surface area contributed by atoms with Gasteiger partial charge in [0.25, 0.3) is 5.91 Å². The van der Waals surface area contributed by atoms with Crippen molar-refractivity contribution in [3.63, 3.8) is 0 Å². The van der Waals surface area contributed by atoms with Crippen molar-refractivity contribution in [3.05, 3.63) is 54.1 Å². The van der Waals surface area contributed by atoms with Crippen LogP contribution >= 0.6 is 6.49 Å². The fourth-order valence-corrected chi connectivity index (χ4v) is 6.52. The number of nitrogens with one attached hydrogen (secondary N) is 4. The van der Waals surface area contributed by atoms with Crippen LogP contribution in [-0.2, 0) is 54.6 Å². The van der Waals surface area contributed by atoms with Crippen LogP contribution in [0.3, 0.4) is 0 Å². The van der Waals surface area contributed by atoms with E-state index in [1.165, 1.54) is 6.66 Å². The van der Waals surface area contributed by atoms with E-state index >= 15 is 0 Å². The van der Waals surface area contributed by atoms with Crippen molar-refractivity contribution in [2.45, 2.75) is 44.1 Å². The Labute approximate surface area is 376 Å². The number of hydrogen-bond donors (Lipinski definition) is 4. The minimum Gasteiger partial charge on any atom is -0.792 e. The van der Waals surface area contributed by atoms with Gasteiger partial charge in [0.1, 0.15) is 25.6 Å². The topological polar surface area (TPSA) is 204 Å². The molecule has 0 saturated heterocycles. The number of carbonyl (C=O) groups excluding carboxylic acids is 4. The molecular weight excluding hydrogens is 852 g/mol. The van der Waals surface area contributed by atoms with Gasteiger partial charge in [0.2, 0.25) is 17.7 Å². The third kappa shape index (κ3) is 26.4. The summed E-state index contributed by atoms with van der Waals surface area (Å²) >= 11 is 4.87. The van der Waals surface area contributed by atoms with Crippen LogP contribution in [0.4, 0.5) is 0 Å². The van der Waals surface area contributed by atoms with Gasteiger partial charge in [-0.1, -0.05) is 53.8 Å². The van der Waals surface area contributed by atoms with E-state index in [1.807, 2.05) is 0 Å². The minimum atomic E-state index is -3.15. The minimum absolute atomic E-state index is 0.0302. The summed E-state index contributed by atoms with van der Waals surface area (Å²) in [7, 11) is 0. The molecule has 0 fully saturated rings. The van der Waals surface area contributed by atoms with E-state index in [4.69, 9.17) is 64.0 Å². The van der Waals surface area contributed by atoms with Crippen molar-refractivity contribution in [2.24, 2.45) is 0 Å². The molecule has 16 nitrogen and oxygen atoms in total. The standard InChI is InChI=1S/C45H61N4O12PS/c1-5-25-55-31-34-58-28-22-46-41(50)16-19-45(20-17-42(51)47-23-29-59-35-32-56-26-6-2,21-18-43(52)48-24-30-60-36-33-57-27-7-3)49-44(53)39-10-8-37(9-11-39)38-12-14-40(15-13-38)61-62(4,54)63/h1-3,8-15H,16-36H2,4H3,(H,46,50)(H,47,51)(H,48,52)(H,49,53)(H,54,63)/p-1. The molecule has 1 unspecified atom stereocenters. The monoisotopic (exact) mass is 911 g/mol. The Balaban J connectivity index is 2.23. The molecule has 2 aromatic rings. The van der Waals surface area contributed by atoms with Crippen LogP contribution in [0.25, 0.3) is 11.1 Å². The highest BCUT2D eigenvalue weighted by Crippen LogP contribution is 2.35. The molecule has 0 radical (unpaired) electrons. The molecule has 0 aromatic heterocycles. The Morgan fingerprint density at radius 2 is 0.937 bits per heavy atom. The lowest BCUT2D eigenvalue weighted by molar-refractivity contribution is -0.173. The first kappa shape index (κ1) is 54.3. The Kier molecular flexibility index (Phi) is 28.3. The lowest BCUT2D eigenvalue weighted by Crippen LogP contribution is -2.50. The van der Waals surface area contributed by atoms with Crippen molar-refractivity contribution in [2.75, 3.05) is 106 Å². The van der Waals surface area contributed by atoms with Gasteiger partial charge in [0, 0.05) is 56.5 Å². The molecule has 0 heterocycles. The number of carbonyl (C=O) groups is 4. The third-order valence-electron chi connectivity index (χ3n) is 8.85. The maximum Gasteiger partial charge on any atom is 0.251 e. The highest BCUT2D eigenvalue weighted by atomic mass is 32.5. The van der Waals surface area contributed by atoms with Crippen molar-refractivity contribution in [1.82, 2.24) is 21.3 Å². The number of terminal acetylenes is 3. The molecular formula is C45H60N4O12PS-. The first-order valence-corrected chi connectivity index (χ1v) is 23.6. The second-order valence-corrected chi connectivity index (χ2v) is 17.6. The zero-order chi connectivity index (χ0) is 46.0. The predicted octanol–water partition coefficient (Wildman–Crippen LogP) is 2.19. The molecule has 344 valence electrons. The summed E-state index contributed by atoms with van der Waals surface area (Å²) in [4.78, 5) is 65.4. The first-order chi connectivity index (χ1) is 30.4. The van der Waals surface area contributed by atoms with E-state index in [2.05, 4.69) is 39.0 Å². The molecule has 63 heavy (non-hydrogen) atoms. The van der Waals surface area contributed by atoms with Crippen molar-refractivity contribution in [3.8, 4) is 53.9 Å². The SMILES string of the molecule is C#CCOCCOCCNC(=O)CCC(CCC(=O)NCCOCCOCC#C)(CCC(=O)NCCOCCOCC#C)NC(=O)c1ccc(-c2ccc(OP(C)([O-])=S)cc2)cc1. The van der Waals surface area contributed by atoms with Crippen LogP contribution in [0.2, 0.25) is 0 Å². The Bertz CT molecular complexity index is 1730. The average molecular weight is 912 g/mol. The van der Waals surface area contributed by atoms with Crippen LogP contribution < -0.4 is 30.7 Å². The van der Waals surface area contributed by atoms with Crippen LogP contribution in [0.15, 0.2) is 48.5 Å². The van der Waals surface area contributed by atoms with Gasteiger partial charge in [-0.05, 0) is 61.3 Å². The Morgan fingerprint density at radius 1 is 0.587 bits per heavy atom. The first-order valence-electron chi connectivity index (χ1n) is 20.5. The fraction of sp³-hybridized carbons (Fsp3) is 0.511. The lowest BCUT2D eigenvalue weighted by Gasteiger charge is -2.35. The predicted molar refractivity (Wildman–Crippen MR) is 241 cm³/mol. The number of hydrogen-bond acceptors (Lipinski definition) is 13. The number of benzene rings is 2. The quantitative estimate of drug-likeness (QED) is 0.0446. The molecule has 0 saturated carbocycles. The molecule has 4 N–H and O–H groups in total. The number of amides is 4. The zero-order valence-electron chi connectivity index (χ0n) is 36.0. The summed E-state index contributed by atoms with van der Waals surface area (Å²) in [5, 5.41) is 11.6. The van der Waals surface area contributed by atoms with Gasteiger partial charge in [-0.25, -0.2) is 0 Å². The summed E-state index contributed by atoms with van der Waals surface area (Å²) in [6, 6.07) is 13.7. The van der Waals surface area contributed by atoms with E-state index in [0.717, 1.165) is 11.1 Å². The summed E-state index contributed by atoms with van der Waals surface area (Å²) in [6.45, 7) is 1.98. The zero-order valence-corrected chi connectivity index (χ0v) is 37.7. The molecule has 0 aliphatic carbocycles. The summed E-state index contributed by atoms with van der Waals surface area (Å²) in [5.74, 6) is 6.11. The smallest absolute Gasteiger partial charge is 0.251 e. The fourth-order valence-electron chi connectivity index (χ4n) is 5.75. The Morgan fingerprint density at radius 3 is 1.29 bits per heavy atom. The normalized spacial score (nSPS) is 11.9. The van der Waals surface area contributed by atoms with Gasteiger partial charge >= 0.3 is 0 Å². The van der Waals surface area contributed by atoms with E-state index in [-0.39, 0.29) is 116 Å². The molecule has 2 rings (SSSR count). The average Bonchev–Trinajstić information content (AvgIpc) is 3.26. The van der Waals surface area contributed by atoms with E-state index in [1.54, 1.807) is 48.5 Å². The second-order valence-electron chi connectivity index (χ2n) is 13.9. The van der Waals surface area contributed by atoms with Gasteiger partial charge in [-0.15, -0.1) is 19.3 Å². The van der Waals surface area contributed by atoms with Crippen molar-refractivity contribution in [1.29, 1.82) is 0 Å². The largest absolute Gasteiger partial charge is 0.792 e. The number of ether oxygens (including phenoxy) is 6. The molecule has 0 aliphatic heterocycles. The summed E-state index contributed by atoms with van der Waals surface area (Å²) < 4.78 is 37.3. The molecule has 2 aromatic carbocycles. The third-order valence-corrected chi connectivity index (χ3v) is 9.62. The van der Waals surface area contributed by atoms with E-state index in [9.17, 15) is 24.1 Å². The second kappa shape index (κ2) is 32.8. The van der Waals surface area contributed by atoms with Crippen molar-refractivity contribution < 1.29 is 57.0 Å². The summed E-state index contributed by atoms with van der Waals surface area (Å²) in [6.07, 6.45) is 15.8. The van der Waals surface area contributed by atoms with Gasteiger partial charge in [-0.3, -0.25) is 19.2 Å². The molecule has 0 aliphatic rings. The van der Waals surface area contributed by atoms with Crippen LogP contribution in [-0.4, -0.2) is 135 Å². The van der Waals surface area contributed by atoms with Crippen LogP contribution in [0, 0.1) is 37.0 Å². The highest BCUT2D eigenvalue weighted by Gasteiger charge is 2.34. The maximum atomic E-state index is 14.1. The Hall–Kier alpha value is -4.83. The molecule has 0 bridgehead atoms. The summed E-state index contributed by atoms with van der Waals surface area (Å²) in [5.41, 5.74) is 0.746. The maximum absolute atomic E-state index is 14.1. The van der Waals surface area contributed by atoms with E-state index in [0.29, 0.717) is 51.0 Å². The van der Waals surface area contributed by atoms with Crippen molar-refractivity contribution >= 4 is 41.9 Å². The van der Waals surface area contributed by atoms with E-state index < -0.39 is 17.9 Å². The number of rotatable bonds is 35. The highest BCUT2D eigenvalue weighted by molar-refractivity contribution is 8.08. The van der Waals surface area contributed by atoms with Gasteiger partial charge in [0.05, 0.1) is 59.5 Å². The van der Waals surface area contributed by atoms with Gasteiger partial charge in [0.15, 0.2) is 0 Å².